The first kappa shape index (κ1) is 5.83. The predicted octanol–water partition coefficient (Wildman–Crippen LogP) is 0.693. The van der Waals surface area contributed by atoms with Crippen LogP contribution in [0.25, 0.3) is 0 Å². The highest BCUT2D eigenvalue weighted by Crippen LogP contribution is 2.10. The first-order valence-electron chi connectivity index (χ1n) is 3.82. The molecular formula is C8H12N2. The lowest BCUT2D eigenvalue weighted by atomic mass is 10.2. The van der Waals surface area contributed by atoms with E-state index in [1.807, 2.05) is 0 Å². The molecule has 1 N–H and O–H groups in total. The molecule has 2 aliphatic rings. The van der Waals surface area contributed by atoms with Crippen molar-refractivity contribution in [2.75, 3.05) is 19.6 Å². The molecule has 0 aromatic heterocycles. The number of nitrogens with zero attached hydrogens (tertiary/aromatic N) is 1. The molecule has 2 nitrogen and oxygen atoms in total. The summed E-state index contributed by atoms with van der Waals surface area (Å²) in [4.78, 5) is 2.36. The predicted molar refractivity (Wildman–Crippen MR) is 41.4 cm³/mol. The van der Waals surface area contributed by atoms with Crippen molar-refractivity contribution < 1.29 is 0 Å². The summed E-state index contributed by atoms with van der Waals surface area (Å²) in [5.74, 6) is 1.30. The monoisotopic (exact) mass is 136 g/mol. The van der Waals surface area contributed by atoms with E-state index in [-0.39, 0.29) is 0 Å². The van der Waals surface area contributed by atoms with Gasteiger partial charge in [-0.15, -0.1) is 0 Å². The lowest BCUT2D eigenvalue weighted by molar-refractivity contribution is 0.304. The average Bonchev–Trinajstić information content (AvgIpc) is 2.05. The Labute approximate surface area is 61.2 Å². The zero-order valence-electron chi connectivity index (χ0n) is 6.01. The lowest BCUT2D eigenvalue weighted by Crippen LogP contribution is -2.40. The topological polar surface area (TPSA) is 15.3 Å². The zero-order valence-corrected chi connectivity index (χ0v) is 6.01. The number of allylic oxidation sites excluding steroid dienone is 2. The van der Waals surface area contributed by atoms with Gasteiger partial charge in [0.25, 0.3) is 0 Å². The van der Waals surface area contributed by atoms with E-state index in [4.69, 9.17) is 0 Å². The molecule has 0 aromatic carbocycles. The van der Waals surface area contributed by atoms with Gasteiger partial charge < -0.3 is 10.2 Å². The number of hydrogen-bond acceptors (Lipinski definition) is 2. The molecule has 0 radical (unpaired) electrons. The smallest absolute Gasteiger partial charge is 0.102 e. The fraction of sp³-hybridized carbons (Fsp3) is 0.500. The van der Waals surface area contributed by atoms with Crippen LogP contribution in [-0.4, -0.2) is 24.5 Å². The fourth-order valence-corrected chi connectivity index (χ4v) is 1.42. The number of fused-ring (bicyclic) bond motifs is 1. The van der Waals surface area contributed by atoms with Crippen LogP contribution in [0.15, 0.2) is 24.0 Å². The van der Waals surface area contributed by atoms with Crippen LogP contribution in [0.5, 0.6) is 0 Å². The van der Waals surface area contributed by atoms with E-state index < -0.39 is 0 Å². The van der Waals surface area contributed by atoms with Crippen molar-refractivity contribution in [3.8, 4) is 0 Å². The highest BCUT2D eigenvalue weighted by molar-refractivity contribution is 5.17. The van der Waals surface area contributed by atoms with Gasteiger partial charge in [0.2, 0.25) is 0 Å². The van der Waals surface area contributed by atoms with Gasteiger partial charge in [0.15, 0.2) is 0 Å². The van der Waals surface area contributed by atoms with Gasteiger partial charge in [-0.2, -0.15) is 0 Å². The maximum atomic E-state index is 3.36. The molecule has 2 rings (SSSR count). The molecule has 2 heteroatoms. The molecule has 54 valence electrons. The molecule has 0 bridgehead atoms. The molecule has 0 atom stereocenters. The van der Waals surface area contributed by atoms with E-state index in [1.165, 1.54) is 18.8 Å². The van der Waals surface area contributed by atoms with Crippen LogP contribution in [0.2, 0.25) is 0 Å². The fourth-order valence-electron chi connectivity index (χ4n) is 1.42. The normalized spacial score (nSPS) is 23.2. The van der Waals surface area contributed by atoms with Gasteiger partial charge in [0.1, 0.15) is 5.82 Å². The van der Waals surface area contributed by atoms with Crippen LogP contribution in [0.1, 0.15) is 6.42 Å². The Hall–Kier alpha value is -0.920. The molecule has 0 unspecified atom stereocenters. The van der Waals surface area contributed by atoms with Gasteiger partial charge in [-0.25, -0.2) is 0 Å². The Bertz CT molecular complexity index is 182. The van der Waals surface area contributed by atoms with Crippen molar-refractivity contribution in [1.29, 1.82) is 0 Å². The van der Waals surface area contributed by atoms with Crippen LogP contribution in [0.4, 0.5) is 0 Å². The molecule has 10 heavy (non-hydrogen) atoms. The van der Waals surface area contributed by atoms with Gasteiger partial charge in [-0.1, -0.05) is 12.2 Å². The maximum Gasteiger partial charge on any atom is 0.102 e. The van der Waals surface area contributed by atoms with Crippen LogP contribution >= 0.6 is 0 Å². The SMILES string of the molecule is C1=CCN2CCCNC2=C1. The van der Waals surface area contributed by atoms with Gasteiger partial charge in [-0.05, 0) is 12.5 Å². The summed E-state index contributed by atoms with van der Waals surface area (Å²) < 4.78 is 0. The Morgan fingerprint density at radius 2 is 2.50 bits per heavy atom. The Balaban J connectivity index is 2.14. The van der Waals surface area contributed by atoms with Crippen molar-refractivity contribution >= 4 is 0 Å². The van der Waals surface area contributed by atoms with Crippen molar-refractivity contribution in [2.24, 2.45) is 0 Å². The molecule has 0 amide bonds. The first-order chi connectivity index (χ1) is 4.97. The van der Waals surface area contributed by atoms with Gasteiger partial charge >= 0.3 is 0 Å². The van der Waals surface area contributed by atoms with Crippen molar-refractivity contribution in [1.82, 2.24) is 10.2 Å². The molecule has 2 aliphatic heterocycles. The van der Waals surface area contributed by atoms with Crippen LogP contribution in [0, 0.1) is 0 Å². The van der Waals surface area contributed by atoms with Crippen molar-refractivity contribution in [2.45, 2.75) is 6.42 Å². The largest absolute Gasteiger partial charge is 0.372 e. The second-order valence-corrected chi connectivity index (χ2v) is 2.71. The minimum absolute atomic E-state index is 1.08. The Kier molecular flexibility index (Phi) is 1.38. The summed E-state index contributed by atoms with van der Waals surface area (Å²) in [5.41, 5.74) is 0. The van der Waals surface area contributed by atoms with E-state index in [1.54, 1.807) is 0 Å². The first-order valence-corrected chi connectivity index (χ1v) is 3.82. The molecule has 0 aliphatic carbocycles. The number of hydrogen-bond donors (Lipinski definition) is 1. The van der Waals surface area contributed by atoms with Gasteiger partial charge in [0, 0.05) is 19.6 Å². The molecular weight excluding hydrogens is 124 g/mol. The molecule has 1 saturated heterocycles. The average molecular weight is 136 g/mol. The van der Waals surface area contributed by atoms with E-state index in [0.29, 0.717) is 0 Å². The lowest BCUT2D eigenvalue weighted by Gasteiger charge is -2.33. The van der Waals surface area contributed by atoms with Crippen molar-refractivity contribution in [3.05, 3.63) is 24.0 Å². The van der Waals surface area contributed by atoms with Crippen molar-refractivity contribution in [3.63, 3.8) is 0 Å². The second-order valence-electron chi connectivity index (χ2n) is 2.71. The minimum Gasteiger partial charge on any atom is -0.372 e. The van der Waals surface area contributed by atoms with Gasteiger partial charge in [-0.3, -0.25) is 0 Å². The molecule has 1 fully saturated rings. The zero-order chi connectivity index (χ0) is 6.81. The third kappa shape index (κ3) is 0.897. The summed E-state index contributed by atoms with van der Waals surface area (Å²) in [5, 5.41) is 3.36. The molecule has 0 spiro atoms. The number of rotatable bonds is 0. The maximum absolute atomic E-state index is 3.36. The summed E-state index contributed by atoms with van der Waals surface area (Å²) >= 11 is 0. The Morgan fingerprint density at radius 1 is 1.50 bits per heavy atom. The summed E-state index contributed by atoms with van der Waals surface area (Å²) in [7, 11) is 0. The minimum atomic E-state index is 1.08. The van der Waals surface area contributed by atoms with Crippen LogP contribution in [-0.2, 0) is 0 Å². The summed E-state index contributed by atoms with van der Waals surface area (Å²) in [6.07, 6.45) is 7.72. The van der Waals surface area contributed by atoms with E-state index in [0.717, 1.165) is 13.1 Å². The van der Waals surface area contributed by atoms with E-state index in [2.05, 4.69) is 28.4 Å². The van der Waals surface area contributed by atoms with Crippen LogP contribution < -0.4 is 5.32 Å². The summed E-state index contributed by atoms with van der Waals surface area (Å²) in [6.45, 7) is 3.43. The third-order valence-corrected chi connectivity index (χ3v) is 1.97. The standard InChI is InChI=1S/C8H12N2/c1-2-6-10-7-3-5-9-8(10)4-1/h1-2,4,9H,3,5-7H2. The number of nitrogens with one attached hydrogen (secondary N) is 1. The van der Waals surface area contributed by atoms with Gasteiger partial charge in [0.05, 0.1) is 0 Å². The highest BCUT2D eigenvalue weighted by Gasteiger charge is 2.13. The van der Waals surface area contributed by atoms with Crippen LogP contribution in [0.3, 0.4) is 0 Å². The molecule has 0 aromatic rings. The molecule has 2 heterocycles. The second kappa shape index (κ2) is 2.37. The molecule has 0 saturated carbocycles. The van der Waals surface area contributed by atoms with E-state index >= 15 is 0 Å². The van der Waals surface area contributed by atoms with E-state index in [9.17, 15) is 0 Å². The highest BCUT2D eigenvalue weighted by atomic mass is 15.3. The summed E-state index contributed by atoms with van der Waals surface area (Å²) in [6, 6.07) is 0. The quantitative estimate of drug-likeness (QED) is 0.527. The Morgan fingerprint density at radius 3 is 3.40 bits per heavy atom. The third-order valence-electron chi connectivity index (χ3n) is 1.97.